The van der Waals surface area contributed by atoms with Crippen LogP contribution < -0.4 is 5.32 Å². The van der Waals surface area contributed by atoms with Crippen molar-refractivity contribution in [2.24, 2.45) is 0 Å². The predicted molar refractivity (Wildman–Crippen MR) is 103 cm³/mol. The molecular weight excluding hydrogens is 374 g/mol. The lowest BCUT2D eigenvalue weighted by Gasteiger charge is -2.19. The zero-order valence-corrected chi connectivity index (χ0v) is 16.1. The van der Waals surface area contributed by atoms with E-state index in [1.54, 1.807) is 11.8 Å². The van der Waals surface area contributed by atoms with Crippen LogP contribution in [0.3, 0.4) is 0 Å². The van der Waals surface area contributed by atoms with Crippen LogP contribution >= 0.6 is 23.4 Å². The van der Waals surface area contributed by atoms with Crippen LogP contribution in [0.2, 0.25) is 5.02 Å². The number of nitrogens with one attached hydrogen (secondary N) is 1. The Morgan fingerprint density at radius 2 is 2.23 bits per heavy atom. The molecule has 8 heteroatoms. The van der Waals surface area contributed by atoms with Crippen molar-refractivity contribution in [2.45, 2.75) is 32.6 Å². The summed E-state index contributed by atoms with van der Waals surface area (Å²) in [7, 11) is 0. The number of hydrogen-bond acceptors (Lipinski definition) is 5. The fourth-order valence-electron chi connectivity index (χ4n) is 2.41. The molecule has 2 N–H and O–H groups in total. The number of rotatable bonds is 7. The van der Waals surface area contributed by atoms with Gasteiger partial charge in [0.15, 0.2) is 5.60 Å². The molecule has 0 saturated heterocycles. The van der Waals surface area contributed by atoms with Crippen molar-refractivity contribution >= 4 is 34.2 Å². The molecule has 1 aromatic carbocycles. The van der Waals surface area contributed by atoms with Crippen molar-refractivity contribution in [3.8, 4) is 0 Å². The van der Waals surface area contributed by atoms with Gasteiger partial charge in [-0.2, -0.15) is 5.10 Å². The first-order valence-electron chi connectivity index (χ1n) is 8.11. The number of ether oxygens (including phenoxy) is 1. The molecule has 0 aliphatic carbocycles. The number of nitrogens with zero attached hydrogens (tertiary/aromatic N) is 2. The number of carboxylic acid groups (broad SMARTS) is 1. The van der Waals surface area contributed by atoms with Gasteiger partial charge >= 0.3 is 5.97 Å². The summed E-state index contributed by atoms with van der Waals surface area (Å²) in [4.78, 5) is 12.3. The molecule has 0 atom stereocenters. The molecule has 0 fully saturated rings. The maximum atomic E-state index is 11.2. The molecule has 3 rings (SSSR count). The molecular formula is C18H20ClN3O3S. The van der Waals surface area contributed by atoms with Crippen LogP contribution in [0, 0.1) is 0 Å². The van der Waals surface area contributed by atoms with E-state index in [4.69, 9.17) is 16.3 Å². The number of aliphatic carboxylic acids is 1. The average molecular weight is 394 g/mol. The summed E-state index contributed by atoms with van der Waals surface area (Å²) in [6.07, 6.45) is 1.95. The van der Waals surface area contributed by atoms with Crippen molar-refractivity contribution in [1.29, 1.82) is 0 Å². The number of benzene rings is 1. The van der Waals surface area contributed by atoms with Crippen LogP contribution in [0.4, 0.5) is 0 Å². The highest BCUT2D eigenvalue weighted by atomic mass is 35.5. The number of carbonyl (C=O) groups is 1. The van der Waals surface area contributed by atoms with Gasteiger partial charge in [0, 0.05) is 11.2 Å². The topological polar surface area (TPSA) is 76.4 Å². The molecule has 2 heterocycles. The fraction of sp³-hybridized carbons (Fsp3) is 0.333. The van der Waals surface area contributed by atoms with E-state index in [1.807, 2.05) is 41.2 Å². The summed E-state index contributed by atoms with van der Waals surface area (Å²) < 4.78 is 7.41. The number of carboxylic acids is 1. The highest BCUT2D eigenvalue weighted by Gasteiger charge is 2.28. The van der Waals surface area contributed by atoms with Gasteiger partial charge in [-0.25, -0.2) is 4.79 Å². The lowest BCUT2D eigenvalue weighted by Crippen LogP contribution is -2.34. The smallest absolute Gasteiger partial charge is 0.335 e. The van der Waals surface area contributed by atoms with Crippen molar-refractivity contribution in [1.82, 2.24) is 15.1 Å². The highest BCUT2D eigenvalue weighted by Crippen LogP contribution is 2.31. The molecule has 1 aromatic heterocycles. The number of halogens is 1. The maximum Gasteiger partial charge on any atom is 0.335 e. The average Bonchev–Trinajstić information content (AvgIpc) is 3.24. The van der Waals surface area contributed by atoms with E-state index in [-0.39, 0.29) is 6.61 Å². The quantitative estimate of drug-likeness (QED) is 0.749. The van der Waals surface area contributed by atoms with Crippen molar-refractivity contribution in [2.75, 3.05) is 5.88 Å². The van der Waals surface area contributed by atoms with Crippen LogP contribution in [0.25, 0.3) is 4.91 Å². The SMILES string of the molecule is CC(C)(OCc1cc(C2=CNCS2)n(Cc2ccccc2Cl)n1)C(=O)O. The summed E-state index contributed by atoms with van der Waals surface area (Å²) in [6, 6.07) is 9.58. The van der Waals surface area contributed by atoms with E-state index in [0.29, 0.717) is 17.3 Å². The van der Waals surface area contributed by atoms with Gasteiger partial charge in [0.2, 0.25) is 0 Å². The Hall–Kier alpha value is -1.96. The van der Waals surface area contributed by atoms with Crippen molar-refractivity contribution < 1.29 is 14.6 Å². The van der Waals surface area contributed by atoms with Gasteiger partial charge in [-0.15, -0.1) is 11.8 Å². The van der Waals surface area contributed by atoms with Crippen molar-refractivity contribution in [3.05, 3.63) is 58.5 Å². The Bertz CT molecular complexity index is 848. The summed E-state index contributed by atoms with van der Waals surface area (Å²) in [6.45, 7) is 3.69. The molecule has 1 aliphatic rings. The van der Waals surface area contributed by atoms with Gasteiger partial charge in [0.25, 0.3) is 0 Å². The molecule has 0 unspecified atom stereocenters. The van der Waals surface area contributed by atoms with Crippen LogP contribution in [-0.4, -0.2) is 32.3 Å². The second kappa shape index (κ2) is 7.73. The Labute approximate surface area is 161 Å². The maximum absolute atomic E-state index is 11.2. The first-order valence-corrected chi connectivity index (χ1v) is 9.47. The van der Waals surface area contributed by atoms with Gasteiger partial charge in [-0.1, -0.05) is 29.8 Å². The van der Waals surface area contributed by atoms with E-state index in [2.05, 4.69) is 10.4 Å². The summed E-state index contributed by atoms with van der Waals surface area (Å²) in [5, 5.41) is 17.7. The number of thioether (sulfide) groups is 1. The minimum absolute atomic E-state index is 0.118. The Morgan fingerprint density at radius 1 is 1.46 bits per heavy atom. The van der Waals surface area contributed by atoms with Crippen LogP contribution in [0.1, 0.15) is 30.8 Å². The molecule has 138 valence electrons. The molecule has 0 radical (unpaired) electrons. The molecule has 0 amide bonds. The summed E-state index contributed by atoms with van der Waals surface area (Å²) in [5.41, 5.74) is 1.32. The predicted octanol–water partition coefficient (Wildman–Crippen LogP) is 3.56. The second-order valence-corrected chi connectivity index (χ2v) is 7.80. The van der Waals surface area contributed by atoms with E-state index >= 15 is 0 Å². The fourth-order valence-corrected chi connectivity index (χ4v) is 3.40. The Morgan fingerprint density at radius 3 is 2.88 bits per heavy atom. The van der Waals surface area contributed by atoms with E-state index in [9.17, 15) is 9.90 Å². The van der Waals surface area contributed by atoms with Gasteiger partial charge in [-0.05, 0) is 31.5 Å². The normalized spacial score (nSPS) is 14.2. The van der Waals surface area contributed by atoms with Gasteiger partial charge in [0.1, 0.15) is 0 Å². The lowest BCUT2D eigenvalue weighted by atomic mass is 10.1. The minimum Gasteiger partial charge on any atom is -0.479 e. The Kier molecular flexibility index (Phi) is 5.60. The third kappa shape index (κ3) is 4.23. The summed E-state index contributed by atoms with van der Waals surface area (Å²) >= 11 is 7.97. The zero-order valence-electron chi connectivity index (χ0n) is 14.5. The van der Waals surface area contributed by atoms with Gasteiger partial charge in [-0.3, -0.25) is 4.68 Å². The monoisotopic (exact) mass is 393 g/mol. The Balaban J connectivity index is 1.86. The summed E-state index contributed by atoms with van der Waals surface area (Å²) in [5.74, 6) is -0.198. The van der Waals surface area contributed by atoms with Crippen molar-refractivity contribution in [3.63, 3.8) is 0 Å². The highest BCUT2D eigenvalue weighted by molar-refractivity contribution is 8.08. The molecule has 0 spiro atoms. The number of aromatic nitrogens is 2. The minimum atomic E-state index is -1.27. The molecule has 0 bridgehead atoms. The second-order valence-electron chi connectivity index (χ2n) is 6.38. The van der Waals surface area contributed by atoms with Gasteiger partial charge in [0.05, 0.1) is 35.3 Å². The molecule has 26 heavy (non-hydrogen) atoms. The molecule has 1 aliphatic heterocycles. The number of hydrogen-bond donors (Lipinski definition) is 2. The zero-order chi connectivity index (χ0) is 18.7. The standard InChI is InChI=1S/C18H20ClN3O3S/c1-18(2,17(23)24)25-10-13-7-15(16-8-20-11-26-16)22(21-13)9-12-5-3-4-6-14(12)19/h3-8,20H,9-11H2,1-2H3,(H,23,24). The third-order valence-corrected chi connectivity index (χ3v) is 5.32. The van der Waals surface area contributed by atoms with Crippen LogP contribution in [0.15, 0.2) is 36.5 Å². The third-order valence-electron chi connectivity index (χ3n) is 4.00. The van der Waals surface area contributed by atoms with Crippen LogP contribution in [0.5, 0.6) is 0 Å². The van der Waals surface area contributed by atoms with Gasteiger partial charge < -0.3 is 15.2 Å². The first-order chi connectivity index (χ1) is 12.4. The first kappa shape index (κ1) is 18.8. The van der Waals surface area contributed by atoms with Crippen LogP contribution in [-0.2, 0) is 22.7 Å². The van der Waals surface area contributed by atoms with E-state index < -0.39 is 11.6 Å². The molecule has 6 nitrogen and oxygen atoms in total. The van der Waals surface area contributed by atoms with E-state index in [1.165, 1.54) is 13.8 Å². The largest absolute Gasteiger partial charge is 0.479 e. The lowest BCUT2D eigenvalue weighted by molar-refractivity contribution is -0.162. The van der Waals surface area contributed by atoms with E-state index in [0.717, 1.165) is 22.0 Å². The molecule has 0 saturated carbocycles. The molecule has 2 aromatic rings.